The predicted molar refractivity (Wildman–Crippen MR) is 79.7 cm³/mol. The third kappa shape index (κ3) is 4.43. The molecule has 1 atom stereocenters. The van der Waals surface area contributed by atoms with E-state index in [4.69, 9.17) is 4.52 Å². The second-order valence-electron chi connectivity index (χ2n) is 5.44. The molecular formula is C16H20N2O3. The molecule has 0 radical (unpaired) electrons. The van der Waals surface area contributed by atoms with Gasteiger partial charge in [-0.1, -0.05) is 49.3 Å². The second-order valence-corrected chi connectivity index (χ2v) is 5.44. The Hall–Kier alpha value is -2.14. The van der Waals surface area contributed by atoms with Crippen LogP contribution in [0.3, 0.4) is 0 Å². The van der Waals surface area contributed by atoms with Crippen LogP contribution in [0.25, 0.3) is 11.3 Å². The third-order valence-corrected chi connectivity index (χ3v) is 3.05. The van der Waals surface area contributed by atoms with Crippen molar-refractivity contribution in [3.8, 4) is 11.3 Å². The third-order valence-electron chi connectivity index (χ3n) is 3.05. The highest BCUT2D eigenvalue weighted by molar-refractivity contribution is 5.92. The first-order chi connectivity index (χ1) is 10.1. The number of amides is 1. The number of aliphatic hydroxyl groups is 1. The Kier molecular flexibility index (Phi) is 5.11. The largest absolute Gasteiger partial charge is 0.391 e. The first kappa shape index (κ1) is 15.3. The molecule has 1 aromatic heterocycles. The highest BCUT2D eigenvalue weighted by Crippen LogP contribution is 2.18. The predicted octanol–water partition coefficient (Wildman–Crippen LogP) is 2.48. The van der Waals surface area contributed by atoms with E-state index in [0.717, 1.165) is 5.56 Å². The molecule has 112 valence electrons. The number of rotatable bonds is 6. The quantitative estimate of drug-likeness (QED) is 0.856. The molecule has 5 heteroatoms. The van der Waals surface area contributed by atoms with E-state index in [-0.39, 0.29) is 18.2 Å². The highest BCUT2D eigenvalue weighted by Gasteiger charge is 2.15. The Bertz CT molecular complexity index is 578. The molecule has 0 fully saturated rings. The zero-order valence-corrected chi connectivity index (χ0v) is 12.2. The minimum atomic E-state index is -0.550. The Labute approximate surface area is 124 Å². The first-order valence-electron chi connectivity index (χ1n) is 7.04. The van der Waals surface area contributed by atoms with Gasteiger partial charge in [-0.25, -0.2) is 0 Å². The van der Waals surface area contributed by atoms with Crippen molar-refractivity contribution in [1.82, 2.24) is 10.5 Å². The number of nitrogens with one attached hydrogen (secondary N) is 1. The summed E-state index contributed by atoms with van der Waals surface area (Å²) in [5.41, 5.74) is 1.50. The van der Waals surface area contributed by atoms with Crippen LogP contribution in [0.2, 0.25) is 0 Å². The van der Waals surface area contributed by atoms with Crippen LogP contribution in [-0.4, -0.2) is 28.8 Å². The molecule has 1 unspecified atom stereocenters. The number of carbonyl (C=O) groups excluding carboxylic acids is 1. The zero-order chi connectivity index (χ0) is 15.2. The minimum absolute atomic E-state index is 0.144. The maximum absolute atomic E-state index is 11.9. The van der Waals surface area contributed by atoms with Gasteiger partial charge in [-0.15, -0.1) is 0 Å². The van der Waals surface area contributed by atoms with Crippen LogP contribution in [0.5, 0.6) is 0 Å². The average molecular weight is 288 g/mol. The van der Waals surface area contributed by atoms with E-state index in [1.807, 2.05) is 44.2 Å². The van der Waals surface area contributed by atoms with Crippen molar-refractivity contribution in [3.63, 3.8) is 0 Å². The van der Waals surface area contributed by atoms with Crippen LogP contribution in [0.4, 0.5) is 0 Å². The summed E-state index contributed by atoms with van der Waals surface area (Å²) in [5.74, 6) is 0.157. The van der Waals surface area contributed by atoms with E-state index < -0.39 is 6.10 Å². The van der Waals surface area contributed by atoms with Crippen LogP contribution in [0.1, 0.15) is 30.8 Å². The van der Waals surface area contributed by atoms with Crippen molar-refractivity contribution in [1.29, 1.82) is 0 Å². The Morgan fingerprint density at radius 3 is 2.71 bits per heavy atom. The standard InChI is InChI=1S/C16H20N2O3/c1-11(2)8-13(19)10-17-16(20)15-9-14(18-21-15)12-6-4-3-5-7-12/h3-7,9,11,13,19H,8,10H2,1-2H3,(H,17,20). The van der Waals surface area contributed by atoms with E-state index in [1.54, 1.807) is 6.07 Å². The molecule has 2 rings (SSSR count). The van der Waals surface area contributed by atoms with Gasteiger partial charge >= 0.3 is 0 Å². The average Bonchev–Trinajstić information content (AvgIpc) is 2.95. The molecule has 21 heavy (non-hydrogen) atoms. The van der Waals surface area contributed by atoms with Crippen molar-refractivity contribution < 1.29 is 14.4 Å². The lowest BCUT2D eigenvalue weighted by Crippen LogP contribution is -2.32. The summed E-state index contributed by atoms with van der Waals surface area (Å²) in [5, 5.41) is 16.3. The van der Waals surface area contributed by atoms with Crippen molar-refractivity contribution in [2.75, 3.05) is 6.54 Å². The van der Waals surface area contributed by atoms with Gasteiger partial charge in [0, 0.05) is 18.2 Å². The van der Waals surface area contributed by atoms with Gasteiger partial charge in [0.2, 0.25) is 5.76 Å². The highest BCUT2D eigenvalue weighted by atomic mass is 16.5. The molecule has 0 aliphatic heterocycles. The van der Waals surface area contributed by atoms with Gasteiger partial charge in [-0.2, -0.15) is 0 Å². The van der Waals surface area contributed by atoms with Crippen LogP contribution < -0.4 is 5.32 Å². The molecule has 0 saturated heterocycles. The molecule has 2 N–H and O–H groups in total. The second kappa shape index (κ2) is 7.04. The summed E-state index contributed by atoms with van der Waals surface area (Å²) in [6, 6.07) is 11.1. The van der Waals surface area contributed by atoms with Gasteiger partial charge < -0.3 is 14.9 Å². The van der Waals surface area contributed by atoms with Gasteiger partial charge in [0.1, 0.15) is 5.69 Å². The Morgan fingerprint density at radius 1 is 1.33 bits per heavy atom. The maximum atomic E-state index is 11.9. The summed E-state index contributed by atoms with van der Waals surface area (Å²) < 4.78 is 5.05. The minimum Gasteiger partial charge on any atom is -0.391 e. The Balaban J connectivity index is 1.93. The summed E-state index contributed by atoms with van der Waals surface area (Å²) in [4.78, 5) is 11.9. The number of aromatic nitrogens is 1. The van der Waals surface area contributed by atoms with Crippen molar-refractivity contribution >= 4 is 5.91 Å². The first-order valence-corrected chi connectivity index (χ1v) is 7.04. The topological polar surface area (TPSA) is 75.4 Å². The lowest BCUT2D eigenvalue weighted by molar-refractivity contribution is 0.0865. The van der Waals surface area contributed by atoms with E-state index in [9.17, 15) is 9.90 Å². The fourth-order valence-corrected chi connectivity index (χ4v) is 2.05. The fourth-order valence-electron chi connectivity index (χ4n) is 2.05. The van der Waals surface area contributed by atoms with Crippen molar-refractivity contribution in [3.05, 3.63) is 42.2 Å². The summed E-state index contributed by atoms with van der Waals surface area (Å²) in [7, 11) is 0. The number of nitrogens with zero attached hydrogens (tertiary/aromatic N) is 1. The number of hydrogen-bond acceptors (Lipinski definition) is 4. The van der Waals surface area contributed by atoms with E-state index >= 15 is 0 Å². The maximum Gasteiger partial charge on any atom is 0.290 e. The molecule has 1 aromatic carbocycles. The Morgan fingerprint density at radius 2 is 2.05 bits per heavy atom. The van der Waals surface area contributed by atoms with Crippen LogP contribution in [0.15, 0.2) is 40.9 Å². The van der Waals surface area contributed by atoms with E-state index in [1.165, 1.54) is 0 Å². The zero-order valence-electron chi connectivity index (χ0n) is 12.2. The smallest absolute Gasteiger partial charge is 0.290 e. The van der Waals surface area contributed by atoms with Crippen molar-refractivity contribution in [2.45, 2.75) is 26.4 Å². The van der Waals surface area contributed by atoms with Crippen LogP contribution in [0, 0.1) is 5.92 Å². The lowest BCUT2D eigenvalue weighted by Gasteiger charge is -2.12. The molecule has 1 heterocycles. The number of carbonyl (C=O) groups is 1. The number of hydrogen-bond donors (Lipinski definition) is 2. The lowest BCUT2D eigenvalue weighted by atomic mass is 10.1. The van der Waals surface area contributed by atoms with Crippen molar-refractivity contribution in [2.24, 2.45) is 5.92 Å². The molecule has 1 amide bonds. The number of benzene rings is 1. The van der Waals surface area contributed by atoms with E-state index in [0.29, 0.717) is 18.0 Å². The van der Waals surface area contributed by atoms with Gasteiger partial charge in [-0.05, 0) is 12.3 Å². The summed E-state index contributed by atoms with van der Waals surface area (Å²) >= 11 is 0. The van der Waals surface area contributed by atoms with Crippen LogP contribution in [-0.2, 0) is 0 Å². The molecule has 0 aliphatic rings. The van der Waals surface area contributed by atoms with Crippen LogP contribution >= 0.6 is 0 Å². The molecule has 0 aliphatic carbocycles. The molecule has 2 aromatic rings. The van der Waals surface area contributed by atoms with E-state index in [2.05, 4.69) is 10.5 Å². The molecule has 0 spiro atoms. The molecule has 0 saturated carbocycles. The number of aliphatic hydroxyl groups excluding tert-OH is 1. The van der Waals surface area contributed by atoms with Gasteiger partial charge in [-0.3, -0.25) is 4.79 Å². The molecule has 5 nitrogen and oxygen atoms in total. The fraction of sp³-hybridized carbons (Fsp3) is 0.375. The molecular weight excluding hydrogens is 268 g/mol. The summed E-state index contributed by atoms with van der Waals surface area (Å²) in [6.07, 6.45) is 0.0943. The van der Waals surface area contributed by atoms with Gasteiger partial charge in [0.25, 0.3) is 5.91 Å². The van der Waals surface area contributed by atoms with Gasteiger partial charge in [0.15, 0.2) is 0 Å². The molecule has 0 bridgehead atoms. The monoisotopic (exact) mass is 288 g/mol. The SMILES string of the molecule is CC(C)CC(O)CNC(=O)c1cc(-c2ccccc2)no1. The normalized spacial score (nSPS) is 12.4. The van der Waals surface area contributed by atoms with Gasteiger partial charge in [0.05, 0.1) is 6.10 Å². The summed E-state index contributed by atoms with van der Waals surface area (Å²) in [6.45, 7) is 4.25.